The number of anilines is 1. The highest BCUT2D eigenvalue weighted by atomic mass is 35.5. The second-order valence-corrected chi connectivity index (χ2v) is 9.90. The number of aliphatic imine (C=N–C) groups is 1. The van der Waals surface area contributed by atoms with Crippen LogP contribution in [0.1, 0.15) is 12.8 Å². The summed E-state index contributed by atoms with van der Waals surface area (Å²) in [7, 11) is -3.06. The molecule has 0 bridgehead atoms. The lowest BCUT2D eigenvalue weighted by atomic mass is 10.2. The fourth-order valence-corrected chi connectivity index (χ4v) is 7.15. The van der Waals surface area contributed by atoms with Crippen molar-refractivity contribution < 1.29 is 13.2 Å². The molecule has 2 atom stereocenters. The topological polar surface area (TPSA) is 66.8 Å². The number of hydrogen-bond donors (Lipinski definition) is 0. The van der Waals surface area contributed by atoms with Gasteiger partial charge in [-0.05, 0) is 25.0 Å². The van der Waals surface area contributed by atoms with Crippen LogP contribution >= 0.6 is 23.4 Å². The van der Waals surface area contributed by atoms with E-state index in [9.17, 15) is 13.2 Å². The number of thioether (sulfide) groups is 1. The molecule has 122 valence electrons. The van der Waals surface area contributed by atoms with E-state index >= 15 is 0 Å². The zero-order chi connectivity index (χ0) is 16.2. The predicted molar refractivity (Wildman–Crippen MR) is 92.9 cm³/mol. The maximum absolute atomic E-state index is 12.1. The number of halogens is 1. The van der Waals surface area contributed by atoms with Gasteiger partial charge in [0.1, 0.15) is 0 Å². The SMILES string of the molecule is O=C(N=C1SC2CS(=O)(=O)CC2N1c1ccccc1Cl)C1CC1. The molecule has 1 aliphatic carbocycles. The minimum atomic E-state index is -3.06. The maximum Gasteiger partial charge on any atom is 0.251 e. The molecule has 1 aromatic rings. The van der Waals surface area contributed by atoms with Crippen molar-refractivity contribution in [3.63, 3.8) is 0 Å². The van der Waals surface area contributed by atoms with Gasteiger partial charge in [-0.25, -0.2) is 8.42 Å². The molecule has 3 fully saturated rings. The molecule has 23 heavy (non-hydrogen) atoms. The van der Waals surface area contributed by atoms with Gasteiger partial charge in [0.2, 0.25) is 0 Å². The summed E-state index contributed by atoms with van der Waals surface area (Å²) >= 11 is 7.69. The van der Waals surface area contributed by atoms with Crippen molar-refractivity contribution in [2.24, 2.45) is 10.9 Å². The minimum absolute atomic E-state index is 0.0420. The van der Waals surface area contributed by atoms with Gasteiger partial charge in [0.15, 0.2) is 15.0 Å². The molecule has 0 spiro atoms. The van der Waals surface area contributed by atoms with Crippen LogP contribution in [-0.2, 0) is 14.6 Å². The highest BCUT2D eigenvalue weighted by Gasteiger charge is 2.50. The molecule has 2 unspecified atom stereocenters. The summed E-state index contributed by atoms with van der Waals surface area (Å²) in [4.78, 5) is 18.2. The Bertz CT molecular complexity index is 805. The Morgan fingerprint density at radius 3 is 2.70 bits per heavy atom. The number of rotatable bonds is 2. The van der Waals surface area contributed by atoms with E-state index < -0.39 is 9.84 Å². The van der Waals surface area contributed by atoms with Crippen molar-refractivity contribution in [3.05, 3.63) is 29.3 Å². The molecular formula is C15H15ClN2O3S2. The lowest BCUT2D eigenvalue weighted by Crippen LogP contribution is -2.38. The van der Waals surface area contributed by atoms with Gasteiger partial charge in [-0.1, -0.05) is 35.5 Å². The number of hydrogen-bond acceptors (Lipinski definition) is 4. The zero-order valence-corrected chi connectivity index (χ0v) is 14.6. The van der Waals surface area contributed by atoms with Crippen molar-refractivity contribution in [2.45, 2.75) is 24.1 Å². The monoisotopic (exact) mass is 370 g/mol. The lowest BCUT2D eigenvalue weighted by molar-refractivity contribution is -0.118. The van der Waals surface area contributed by atoms with Crippen LogP contribution in [0.25, 0.3) is 0 Å². The fourth-order valence-electron chi connectivity index (χ4n) is 3.01. The number of para-hydroxylation sites is 1. The number of carbonyl (C=O) groups excluding carboxylic acids is 1. The summed E-state index contributed by atoms with van der Waals surface area (Å²) in [5, 5.41) is 1.02. The summed E-state index contributed by atoms with van der Waals surface area (Å²) < 4.78 is 23.9. The molecule has 3 aliphatic rings. The number of benzene rings is 1. The Morgan fingerprint density at radius 1 is 1.26 bits per heavy atom. The van der Waals surface area contributed by atoms with Crippen molar-refractivity contribution in [1.82, 2.24) is 0 Å². The Kier molecular flexibility index (Phi) is 3.70. The van der Waals surface area contributed by atoms with E-state index in [-0.39, 0.29) is 34.6 Å². The van der Waals surface area contributed by atoms with Gasteiger partial charge in [-0.3, -0.25) is 4.79 Å². The normalized spacial score (nSPS) is 30.7. The quantitative estimate of drug-likeness (QED) is 0.799. The van der Waals surface area contributed by atoms with Gasteiger partial charge in [-0.15, -0.1) is 0 Å². The van der Waals surface area contributed by atoms with E-state index in [0.29, 0.717) is 15.9 Å². The second-order valence-electron chi connectivity index (χ2n) is 6.13. The smallest absolute Gasteiger partial charge is 0.251 e. The number of amidine groups is 1. The third kappa shape index (κ3) is 2.90. The number of carbonyl (C=O) groups is 1. The largest absolute Gasteiger partial charge is 0.314 e. The second kappa shape index (κ2) is 5.50. The summed E-state index contributed by atoms with van der Waals surface area (Å²) in [6.45, 7) is 0. The third-order valence-electron chi connectivity index (χ3n) is 4.31. The first-order valence-corrected chi connectivity index (χ1v) is 10.6. The number of nitrogens with zero attached hydrogens (tertiary/aromatic N) is 2. The van der Waals surface area contributed by atoms with Gasteiger partial charge in [0, 0.05) is 11.2 Å². The van der Waals surface area contributed by atoms with Crippen LogP contribution in [0.5, 0.6) is 0 Å². The molecule has 5 nitrogen and oxygen atoms in total. The third-order valence-corrected chi connectivity index (χ3v) is 7.84. The van der Waals surface area contributed by atoms with Crippen LogP contribution < -0.4 is 4.90 Å². The van der Waals surface area contributed by atoms with E-state index in [0.717, 1.165) is 12.8 Å². The van der Waals surface area contributed by atoms with E-state index in [1.807, 2.05) is 23.1 Å². The number of sulfone groups is 1. The summed E-state index contributed by atoms with van der Waals surface area (Å²) in [5.74, 6) is 0.139. The van der Waals surface area contributed by atoms with Gasteiger partial charge in [0.25, 0.3) is 5.91 Å². The molecule has 1 saturated carbocycles. The van der Waals surface area contributed by atoms with Crippen molar-refractivity contribution in [2.75, 3.05) is 16.4 Å². The van der Waals surface area contributed by atoms with Gasteiger partial charge in [0.05, 0.1) is 28.3 Å². The molecule has 0 aromatic heterocycles. The van der Waals surface area contributed by atoms with Crippen LogP contribution in [0, 0.1) is 5.92 Å². The number of amides is 1. The first kappa shape index (κ1) is 15.5. The first-order valence-electron chi connectivity index (χ1n) is 7.48. The summed E-state index contributed by atoms with van der Waals surface area (Å²) in [6, 6.07) is 7.06. The molecule has 0 N–H and O–H groups in total. The molecule has 0 radical (unpaired) electrons. The Morgan fingerprint density at radius 2 is 2.00 bits per heavy atom. The van der Waals surface area contributed by atoms with Crippen LogP contribution in [0.2, 0.25) is 5.02 Å². The molecule has 2 heterocycles. The molecule has 4 rings (SSSR count). The minimum Gasteiger partial charge on any atom is -0.314 e. The molecule has 2 saturated heterocycles. The Labute approximate surface area is 144 Å². The van der Waals surface area contributed by atoms with Crippen molar-refractivity contribution in [3.8, 4) is 0 Å². The molecule has 1 aromatic carbocycles. The van der Waals surface area contributed by atoms with E-state index in [1.165, 1.54) is 11.8 Å². The predicted octanol–water partition coefficient (Wildman–Crippen LogP) is 2.35. The Hall–Kier alpha value is -1.05. The van der Waals surface area contributed by atoms with E-state index in [2.05, 4.69) is 4.99 Å². The Balaban J connectivity index is 1.75. The maximum atomic E-state index is 12.1. The van der Waals surface area contributed by atoms with Gasteiger partial charge in [-0.2, -0.15) is 4.99 Å². The summed E-state index contributed by atoms with van der Waals surface area (Å²) in [5.41, 5.74) is 0.716. The van der Waals surface area contributed by atoms with Crippen LogP contribution in [0.3, 0.4) is 0 Å². The van der Waals surface area contributed by atoms with E-state index in [1.54, 1.807) is 6.07 Å². The van der Waals surface area contributed by atoms with Crippen LogP contribution in [0.4, 0.5) is 5.69 Å². The van der Waals surface area contributed by atoms with Crippen LogP contribution in [0.15, 0.2) is 29.3 Å². The van der Waals surface area contributed by atoms with Crippen molar-refractivity contribution >= 4 is 50.0 Å². The van der Waals surface area contributed by atoms with Gasteiger partial charge < -0.3 is 4.90 Å². The fraction of sp³-hybridized carbons (Fsp3) is 0.467. The average molecular weight is 371 g/mol. The average Bonchev–Trinajstić information content (AvgIpc) is 3.22. The summed E-state index contributed by atoms with van der Waals surface area (Å²) in [6.07, 6.45) is 1.79. The van der Waals surface area contributed by atoms with Crippen LogP contribution in [-0.4, -0.2) is 42.3 Å². The van der Waals surface area contributed by atoms with Crippen molar-refractivity contribution in [1.29, 1.82) is 0 Å². The molecule has 1 amide bonds. The van der Waals surface area contributed by atoms with Gasteiger partial charge >= 0.3 is 0 Å². The standard InChI is InChI=1S/C15H15ClN2O3S2/c16-10-3-1-2-4-11(10)18-12-7-23(20,21)8-13(12)22-15(18)17-14(19)9-5-6-9/h1-4,9,12-13H,5-8H2. The highest BCUT2D eigenvalue weighted by Crippen LogP contribution is 2.43. The first-order chi connectivity index (χ1) is 10.9. The lowest BCUT2D eigenvalue weighted by Gasteiger charge is -2.25. The molecular weight excluding hydrogens is 356 g/mol. The zero-order valence-electron chi connectivity index (χ0n) is 12.2. The number of fused-ring (bicyclic) bond motifs is 1. The highest BCUT2D eigenvalue weighted by molar-refractivity contribution is 8.16. The molecule has 8 heteroatoms. The van der Waals surface area contributed by atoms with E-state index in [4.69, 9.17) is 11.6 Å². The molecule has 2 aliphatic heterocycles.